The summed E-state index contributed by atoms with van der Waals surface area (Å²) < 4.78 is 0. The van der Waals surface area contributed by atoms with Crippen LogP contribution in [0.5, 0.6) is 0 Å². The van der Waals surface area contributed by atoms with Crippen molar-refractivity contribution >= 4 is 29.3 Å². The zero-order valence-electron chi connectivity index (χ0n) is 21.6. The average Bonchev–Trinajstić information content (AvgIpc) is 3.11. The minimum absolute atomic E-state index is 0.0904. The third kappa shape index (κ3) is 6.25. The lowest BCUT2D eigenvalue weighted by Crippen LogP contribution is -2.54. The van der Waals surface area contributed by atoms with Crippen LogP contribution in [-0.4, -0.2) is 65.6 Å². The first kappa shape index (κ1) is 26.5. The fourth-order valence-electron chi connectivity index (χ4n) is 5.18. The summed E-state index contributed by atoms with van der Waals surface area (Å²) in [6, 6.07) is 4.07. The first-order valence-electron chi connectivity index (χ1n) is 13.2. The highest BCUT2D eigenvalue weighted by atomic mass is 16.2. The summed E-state index contributed by atoms with van der Waals surface area (Å²) in [5.74, 6) is -2.05. The Morgan fingerprint density at radius 1 is 1.05 bits per heavy atom. The van der Waals surface area contributed by atoms with Crippen LogP contribution >= 0.6 is 0 Å². The van der Waals surface area contributed by atoms with E-state index in [1.165, 1.54) is 37.7 Å². The van der Waals surface area contributed by atoms with Crippen LogP contribution in [-0.2, 0) is 9.59 Å². The Balaban J connectivity index is 1.43. The zero-order valence-corrected chi connectivity index (χ0v) is 21.6. The van der Waals surface area contributed by atoms with E-state index >= 15 is 0 Å². The second-order valence-corrected chi connectivity index (χ2v) is 10.0. The highest BCUT2D eigenvalue weighted by molar-refractivity contribution is 6.25. The number of benzene rings is 1. The number of piperidine rings is 1. The molecule has 4 rings (SSSR count). The number of carbonyl (C=O) groups excluding carboxylic acids is 4. The third-order valence-electron chi connectivity index (χ3n) is 7.22. The molecular formula is C29H36N4O4. The van der Waals surface area contributed by atoms with Crippen LogP contribution < -0.4 is 10.6 Å². The Kier molecular flexibility index (Phi) is 8.71. The predicted molar refractivity (Wildman–Crippen MR) is 143 cm³/mol. The van der Waals surface area contributed by atoms with Gasteiger partial charge >= 0.3 is 0 Å². The number of allylic oxidation sites excluding steroid dienone is 2. The van der Waals surface area contributed by atoms with Gasteiger partial charge in [0.15, 0.2) is 0 Å². The van der Waals surface area contributed by atoms with Gasteiger partial charge in [-0.15, -0.1) is 0 Å². The Morgan fingerprint density at radius 3 is 2.49 bits per heavy atom. The van der Waals surface area contributed by atoms with Crippen molar-refractivity contribution in [1.82, 2.24) is 15.1 Å². The van der Waals surface area contributed by atoms with E-state index in [1.807, 2.05) is 6.08 Å². The third-order valence-corrected chi connectivity index (χ3v) is 7.22. The van der Waals surface area contributed by atoms with E-state index in [9.17, 15) is 19.2 Å². The fraction of sp³-hybridized carbons (Fsp3) is 0.448. The highest BCUT2D eigenvalue weighted by Gasteiger charge is 2.45. The molecule has 3 heterocycles. The molecule has 196 valence electrons. The molecule has 8 heteroatoms. The van der Waals surface area contributed by atoms with E-state index in [2.05, 4.69) is 35.1 Å². The molecule has 1 aromatic rings. The van der Waals surface area contributed by atoms with Gasteiger partial charge in [-0.25, -0.2) is 0 Å². The summed E-state index contributed by atoms with van der Waals surface area (Å²) in [4.78, 5) is 53.7. The standard InChI is InChI=1S/C29H36N4O4/c1-3-21(13-12-20(2)19-32-16-7-5-4-6-8-17-32)18-30-23-11-9-10-22-26(23)29(37)33(28(22)36)24-14-15-25(34)31-27(24)35/h3,9-13,24,30H,1,4-8,14-19H2,2H3,(H,31,34,35)/b20-12+,21-13+. The van der Waals surface area contributed by atoms with Gasteiger partial charge in [0.1, 0.15) is 6.04 Å². The van der Waals surface area contributed by atoms with Crippen LogP contribution in [0.1, 0.15) is 72.6 Å². The van der Waals surface area contributed by atoms with Gasteiger partial charge in [-0.2, -0.15) is 0 Å². The van der Waals surface area contributed by atoms with E-state index in [1.54, 1.807) is 24.3 Å². The van der Waals surface area contributed by atoms with E-state index in [-0.39, 0.29) is 24.0 Å². The lowest BCUT2D eigenvalue weighted by Gasteiger charge is -2.27. The number of hydrogen-bond acceptors (Lipinski definition) is 6. The topological polar surface area (TPSA) is 98.8 Å². The number of nitrogens with one attached hydrogen (secondary N) is 2. The van der Waals surface area contributed by atoms with Crippen molar-refractivity contribution in [2.75, 3.05) is 31.5 Å². The van der Waals surface area contributed by atoms with Crippen molar-refractivity contribution < 1.29 is 19.2 Å². The molecule has 0 bridgehead atoms. The number of imide groups is 2. The summed E-state index contributed by atoms with van der Waals surface area (Å²) >= 11 is 0. The Labute approximate surface area is 218 Å². The van der Waals surface area contributed by atoms with Gasteiger partial charge in [0.25, 0.3) is 11.8 Å². The van der Waals surface area contributed by atoms with Crippen LogP contribution in [0.25, 0.3) is 0 Å². The van der Waals surface area contributed by atoms with Gasteiger partial charge in [0, 0.05) is 25.2 Å². The fourth-order valence-corrected chi connectivity index (χ4v) is 5.18. The van der Waals surface area contributed by atoms with Crippen LogP contribution in [0.15, 0.2) is 54.2 Å². The maximum absolute atomic E-state index is 13.3. The molecule has 1 unspecified atom stereocenters. The monoisotopic (exact) mass is 504 g/mol. The second kappa shape index (κ2) is 12.1. The quantitative estimate of drug-likeness (QED) is 0.413. The molecule has 2 N–H and O–H groups in total. The average molecular weight is 505 g/mol. The van der Waals surface area contributed by atoms with Crippen molar-refractivity contribution in [1.29, 1.82) is 0 Å². The van der Waals surface area contributed by atoms with Gasteiger partial charge < -0.3 is 5.32 Å². The minimum atomic E-state index is -0.983. The van der Waals surface area contributed by atoms with Crippen LogP contribution in [0.2, 0.25) is 0 Å². The van der Waals surface area contributed by atoms with E-state index in [4.69, 9.17) is 0 Å². The predicted octanol–water partition coefficient (Wildman–Crippen LogP) is 3.82. The van der Waals surface area contributed by atoms with Crippen molar-refractivity contribution in [2.45, 2.75) is 57.9 Å². The molecule has 2 fully saturated rings. The summed E-state index contributed by atoms with van der Waals surface area (Å²) in [6.07, 6.45) is 12.6. The molecule has 1 aromatic carbocycles. The molecule has 0 radical (unpaired) electrons. The number of hydrogen-bond donors (Lipinski definition) is 2. The van der Waals surface area contributed by atoms with Crippen molar-refractivity contribution in [3.05, 3.63) is 65.3 Å². The highest BCUT2D eigenvalue weighted by Crippen LogP contribution is 2.32. The van der Waals surface area contributed by atoms with Crippen molar-refractivity contribution in [2.24, 2.45) is 0 Å². The first-order chi connectivity index (χ1) is 17.9. The summed E-state index contributed by atoms with van der Waals surface area (Å²) in [5, 5.41) is 5.50. The first-order valence-corrected chi connectivity index (χ1v) is 13.2. The van der Waals surface area contributed by atoms with Gasteiger partial charge in [-0.05, 0) is 57.0 Å². The van der Waals surface area contributed by atoms with Crippen LogP contribution in [0, 0.1) is 0 Å². The number of rotatable bonds is 8. The lowest BCUT2D eigenvalue weighted by atomic mass is 10.0. The molecule has 8 nitrogen and oxygen atoms in total. The SMILES string of the molecule is C=C/C(=C\C=C(/C)CN1CCCCCCC1)CNc1cccc2c1C(=O)N(C1CCC(=O)NC1=O)C2=O. The molecule has 0 saturated carbocycles. The van der Waals surface area contributed by atoms with Gasteiger partial charge in [0.2, 0.25) is 11.8 Å². The maximum atomic E-state index is 13.3. The van der Waals surface area contributed by atoms with E-state index < -0.39 is 29.7 Å². The van der Waals surface area contributed by atoms with Gasteiger partial charge in [0.05, 0.1) is 11.1 Å². The molecular weight excluding hydrogens is 468 g/mol. The number of amides is 4. The summed E-state index contributed by atoms with van der Waals surface area (Å²) in [7, 11) is 0. The van der Waals surface area contributed by atoms with Crippen LogP contribution in [0.4, 0.5) is 5.69 Å². The lowest BCUT2D eigenvalue weighted by molar-refractivity contribution is -0.136. The minimum Gasteiger partial charge on any atom is -0.380 e. The smallest absolute Gasteiger partial charge is 0.264 e. The number of carbonyl (C=O) groups is 4. The molecule has 2 saturated heterocycles. The van der Waals surface area contributed by atoms with Crippen LogP contribution in [0.3, 0.4) is 0 Å². The zero-order chi connectivity index (χ0) is 26.4. The number of likely N-dealkylation sites (tertiary alicyclic amines) is 1. The molecule has 3 aliphatic rings. The van der Waals surface area contributed by atoms with Crippen molar-refractivity contribution in [3.63, 3.8) is 0 Å². The molecule has 0 aliphatic carbocycles. The molecule has 37 heavy (non-hydrogen) atoms. The molecule has 1 atom stereocenters. The molecule has 0 aromatic heterocycles. The molecule has 3 aliphatic heterocycles. The summed E-state index contributed by atoms with van der Waals surface area (Å²) in [5.41, 5.74) is 3.27. The largest absolute Gasteiger partial charge is 0.380 e. The molecule has 0 spiro atoms. The molecule has 4 amide bonds. The van der Waals surface area contributed by atoms with Gasteiger partial charge in [-0.3, -0.25) is 34.3 Å². The second-order valence-electron chi connectivity index (χ2n) is 10.0. The maximum Gasteiger partial charge on any atom is 0.264 e. The Hall–Kier alpha value is -3.52. The van der Waals surface area contributed by atoms with Crippen molar-refractivity contribution in [3.8, 4) is 0 Å². The Morgan fingerprint density at radius 2 is 1.78 bits per heavy atom. The van der Waals surface area contributed by atoms with Gasteiger partial charge in [-0.1, -0.05) is 55.7 Å². The summed E-state index contributed by atoms with van der Waals surface area (Å²) in [6.45, 7) is 9.73. The van der Waals surface area contributed by atoms with E-state index in [0.29, 0.717) is 12.2 Å². The van der Waals surface area contributed by atoms with E-state index in [0.717, 1.165) is 30.1 Å². The normalized spacial score (nSPS) is 21.9. The number of nitrogens with zero attached hydrogens (tertiary/aromatic N) is 2. The number of anilines is 1. The Bertz CT molecular complexity index is 1140. The number of fused-ring (bicyclic) bond motifs is 1.